The van der Waals surface area contributed by atoms with Crippen molar-refractivity contribution in [2.24, 2.45) is 0 Å². The van der Waals surface area contributed by atoms with Gasteiger partial charge in [-0.2, -0.15) is 11.8 Å². The van der Waals surface area contributed by atoms with Crippen LogP contribution in [-0.4, -0.2) is 27.2 Å². The Bertz CT molecular complexity index is 636. The monoisotopic (exact) mass is 335 g/mol. The van der Waals surface area contributed by atoms with E-state index in [0.717, 1.165) is 17.1 Å². The van der Waals surface area contributed by atoms with Crippen molar-refractivity contribution in [2.75, 3.05) is 5.75 Å². The van der Waals surface area contributed by atoms with Crippen molar-refractivity contribution in [3.63, 3.8) is 0 Å². The zero-order valence-electron chi connectivity index (χ0n) is 14.1. The lowest BCUT2D eigenvalue weighted by atomic mass is 9.95. The summed E-state index contributed by atoms with van der Waals surface area (Å²) in [7, 11) is 0. The fraction of sp³-hybridized carbons (Fsp3) is 0.647. The molecule has 126 valence electrons. The molecule has 0 radical (unpaired) electrons. The number of furan rings is 1. The lowest BCUT2D eigenvalue weighted by Crippen LogP contribution is -2.40. The van der Waals surface area contributed by atoms with Crippen LogP contribution in [0.4, 0.5) is 0 Å². The number of nitrogens with zero attached hydrogens (tertiary/aromatic N) is 2. The summed E-state index contributed by atoms with van der Waals surface area (Å²) in [6.07, 6.45) is 5.19. The predicted octanol–water partition coefficient (Wildman–Crippen LogP) is 4.10. The average Bonchev–Trinajstić information content (AvgIpc) is 3.13. The molecule has 2 unspecified atom stereocenters. The molecule has 2 aromatic heterocycles. The van der Waals surface area contributed by atoms with E-state index in [1.165, 1.54) is 31.4 Å². The van der Waals surface area contributed by atoms with Crippen LogP contribution in [0.2, 0.25) is 0 Å². The lowest BCUT2D eigenvalue weighted by Gasteiger charge is -2.31. The second kappa shape index (κ2) is 7.53. The van der Waals surface area contributed by atoms with Crippen molar-refractivity contribution < 1.29 is 8.83 Å². The summed E-state index contributed by atoms with van der Waals surface area (Å²) < 4.78 is 11.3. The molecule has 0 aromatic carbocycles. The Morgan fingerprint density at radius 1 is 1.22 bits per heavy atom. The second-order valence-corrected chi connectivity index (χ2v) is 7.61. The first-order valence-electron chi connectivity index (χ1n) is 8.42. The van der Waals surface area contributed by atoms with E-state index >= 15 is 0 Å². The lowest BCUT2D eigenvalue weighted by molar-refractivity contribution is 0.362. The molecule has 0 bridgehead atoms. The van der Waals surface area contributed by atoms with Gasteiger partial charge in [0.2, 0.25) is 5.89 Å². The maximum atomic E-state index is 5.80. The first-order chi connectivity index (χ1) is 11.2. The summed E-state index contributed by atoms with van der Waals surface area (Å²) in [4.78, 5) is 0. The molecular weight excluding hydrogens is 310 g/mol. The number of hydrogen-bond acceptors (Lipinski definition) is 6. The molecule has 0 aliphatic heterocycles. The van der Waals surface area contributed by atoms with Crippen LogP contribution >= 0.6 is 11.8 Å². The van der Waals surface area contributed by atoms with E-state index in [1.807, 2.05) is 19.9 Å². The average molecular weight is 335 g/mol. The van der Waals surface area contributed by atoms with Gasteiger partial charge in [0.15, 0.2) is 0 Å². The van der Waals surface area contributed by atoms with Crippen molar-refractivity contribution in [2.45, 2.75) is 64.3 Å². The van der Waals surface area contributed by atoms with E-state index in [-0.39, 0.29) is 0 Å². The zero-order chi connectivity index (χ0) is 16.2. The molecule has 1 fully saturated rings. The van der Waals surface area contributed by atoms with Crippen LogP contribution < -0.4 is 5.32 Å². The van der Waals surface area contributed by atoms with Crippen LogP contribution in [0.15, 0.2) is 14.9 Å². The van der Waals surface area contributed by atoms with Gasteiger partial charge in [0.25, 0.3) is 5.89 Å². The summed E-state index contributed by atoms with van der Waals surface area (Å²) in [5.41, 5.74) is 0.887. The topological polar surface area (TPSA) is 64.1 Å². The maximum Gasteiger partial charge on any atom is 0.251 e. The summed E-state index contributed by atoms with van der Waals surface area (Å²) in [5.74, 6) is 4.03. The minimum atomic E-state index is 0.541. The molecule has 0 saturated heterocycles. The Labute approximate surface area is 141 Å². The predicted molar refractivity (Wildman–Crippen MR) is 92.5 cm³/mol. The number of nitrogens with one attached hydrogen (secondary N) is 1. The molecule has 1 saturated carbocycles. The van der Waals surface area contributed by atoms with Crippen molar-refractivity contribution >= 4 is 11.8 Å². The molecule has 1 aliphatic rings. The fourth-order valence-corrected chi connectivity index (χ4v) is 4.47. The first kappa shape index (κ1) is 16.6. The van der Waals surface area contributed by atoms with Crippen LogP contribution in [0.5, 0.6) is 0 Å². The Kier molecular flexibility index (Phi) is 5.43. The van der Waals surface area contributed by atoms with Gasteiger partial charge in [-0.05, 0) is 38.5 Å². The minimum Gasteiger partial charge on any atom is -0.466 e. The van der Waals surface area contributed by atoms with Crippen LogP contribution in [0, 0.1) is 13.8 Å². The number of rotatable bonds is 6. The quantitative estimate of drug-likeness (QED) is 0.857. The molecule has 1 aliphatic carbocycles. The fourth-order valence-electron chi connectivity index (χ4n) is 3.24. The third-order valence-electron chi connectivity index (χ3n) is 4.34. The summed E-state index contributed by atoms with van der Waals surface area (Å²) in [6, 6.07) is 2.48. The highest BCUT2D eigenvalue weighted by atomic mass is 32.2. The van der Waals surface area contributed by atoms with Gasteiger partial charge in [-0.15, -0.1) is 10.2 Å². The SMILES string of the molecule is CCSC1CCCCC1NCc1nnc(-c2cc(C)oc2C)o1. The van der Waals surface area contributed by atoms with E-state index in [1.54, 1.807) is 0 Å². The van der Waals surface area contributed by atoms with Gasteiger partial charge in [0, 0.05) is 11.3 Å². The Morgan fingerprint density at radius 2 is 2.04 bits per heavy atom. The Balaban J connectivity index is 1.61. The zero-order valence-corrected chi connectivity index (χ0v) is 14.9. The minimum absolute atomic E-state index is 0.541. The normalized spacial score (nSPS) is 21.7. The standard InChI is InChI=1S/C17H25N3O2S/c1-4-23-15-8-6-5-7-14(15)18-10-16-19-20-17(22-16)13-9-11(2)21-12(13)3/h9,14-15,18H,4-8,10H2,1-3H3. The molecule has 2 aromatic rings. The maximum absolute atomic E-state index is 5.80. The molecule has 6 heteroatoms. The van der Waals surface area contributed by atoms with Gasteiger partial charge in [0.1, 0.15) is 11.5 Å². The van der Waals surface area contributed by atoms with E-state index < -0.39 is 0 Å². The molecule has 0 amide bonds. The van der Waals surface area contributed by atoms with Gasteiger partial charge in [-0.1, -0.05) is 19.8 Å². The smallest absolute Gasteiger partial charge is 0.251 e. The number of aromatic nitrogens is 2. The summed E-state index contributed by atoms with van der Waals surface area (Å²) in [5, 5.41) is 12.6. The van der Waals surface area contributed by atoms with E-state index in [4.69, 9.17) is 8.83 Å². The van der Waals surface area contributed by atoms with E-state index in [9.17, 15) is 0 Å². The van der Waals surface area contributed by atoms with E-state index in [2.05, 4.69) is 34.2 Å². The van der Waals surface area contributed by atoms with Gasteiger partial charge < -0.3 is 14.2 Å². The number of aryl methyl sites for hydroxylation is 2. The third-order valence-corrected chi connectivity index (χ3v) is 5.66. The third kappa shape index (κ3) is 3.98. The highest BCUT2D eigenvalue weighted by Crippen LogP contribution is 2.29. The van der Waals surface area contributed by atoms with E-state index in [0.29, 0.717) is 29.6 Å². The molecule has 0 spiro atoms. The van der Waals surface area contributed by atoms with Crippen molar-refractivity contribution in [1.82, 2.24) is 15.5 Å². The summed E-state index contributed by atoms with van der Waals surface area (Å²) >= 11 is 2.06. The van der Waals surface area contributed by atoms with Crippen LogP contribution in [0.1, 0.15) is 50.0 Å². The molecule has 3 rings (SSSR count). The first-order valence-corrected chi connectivity index (χ1v) is 9.47. The molecule has 5 nitrogen and oxygen atoms in total. The van der Waals surface area contributed by atoms with Gasteiger partial charge in [0.05, 0.1) is 12.1 Å². The highest BCUT2D eigenvalue weighted by molar-refractivity contribution is 7.99. The Hall–Kier alpha value is -1.27. The molecule has 2 heterocycles. The molecule has 2 atom stereocenters. The molecule has 1 N–H and O–H groups in total. The molecular formula is C17H25N3O2S. The van der Waals surface area contributed by atoms with Gasteiger partial charge >= 0.3 is 0 Å². The van der Waals surface area contributed by atoms with Crippen molar-refractivity contribution in [1.29, 1.82) is 0 Å². The van der Waals surface area contributed by atoms with Crippen LogP contribution in [-0.2, 0) is 6.54 Å². The second-order valence-electron chi connectivity index (χ2n) is 6.09. The van der Waals surface area contributed by atoms with Crippen LogP contribution in [0.3, 0.4) is 0 Å². The number of hydrogen-bond donors (Lipinski definition) is 1. The highest BCUT2D eigenvalue weighted by Gasteiger charge is 2.25. The van der Waals surface area contributed by atoms with Crippen molar-refractivity contribution in [3.8, 4) is 11.5 Å². The largest absolute Gasteiger partial charge is 0.466 e. The van der Waals surface area contributed by atoms with Gasteiger partial charge in [-0.25, -0.2) is 0 Å². The number of thioether (sulfide) groups is 1. The van der Waals surface area contributed by atoms with Crippen LogP contribution in [0.25, 0.3) is 11.5 Å². The molecule has 23 heavy (non-hydrogen) atoms. The van der Waals surface area contributed by atoms with Crippen molar-refractivity contribution in [3.05, 3.63) is 23.5 Å². The summed E-state index contributed by atoms with van der Waals surface area (Å²) in [6.45, 7) is 6.70. The van der Waals surface area contributed by atoms with Gasteiger partial charge in [-0.3, -0.25) is 0 Å². The Morgan fingerprint density at radius 3 is 2.78 bits per heavy atom.